The lowest BCUT2D eigenvalue weighted by molar-refractivity contribution is 0.101. The Morgan fingerprint density at radius 1 is 1.00 bits per heavy atom. The summed E-state index contributed by atoms with van der Waals surface area (Å²) < 4.78 is 5.61. The van der Waals surface area contributed by atoms with Crippen LogP contribution in [-0.2, 0) is 0 Å². The first kappa shape index (κ1) is 12.4. The number of ether oxygens (including phenoxy) is 1. The predicted octanol–water partition coefficient (Wildman–Crippen LogP) is 3.95. The molecule has 18 heavy (non-hydrogen) atoms. The molecule has 92 valence electrons. The van der Waals surface area contributed by atoms with Crippen LogP contribution in [-0.4, -0.2) is 12.4 Å². The van der Waals surface area contributed by atoms with Crippen LogP contribution >= 0.6 is 0 Å². The van der Waals surface area contributed by atoms with Gasteiger partial charge < -0.3 is 4.74 Å². The van der Waals surface area contributed by atoms with Crippen LogP contribution in [0.15, 0.2) is 48.5 Å². The number of ketones is 1. The Labute approximate surface area is 107 Å². The largest absolute Gasteiger partial charge is 0.493 e. The van der Waals surface area contributed by atoms with Crippen molar-refractivity contribution < 1.29 is 9.53 Å². The van der Waals surface area contributed by atoms with E-state index < -0.39 is 0 Å². The Balaban J connectivity index is 2.58. The Kier molecular flexibility index (Phi) is 3.78. The summed E-state index contributed by atoms with van der Waals surface area (Å²) in [5.74, 6) is 0.880. The van der Waals surface area contributed by atoms with Crippen LogP contribution in [0.4, 0.5) is 0 Å². The number of hydrogen-bond donors (Lipinski definition) is 0. The van der Waals surface area contributed by atoms with E-state index in [1.807, 2.05) is 55.5 Å². The van der Waals surface area contributed by atoms with Crippen molar-refractivity contribution in [2.75, 3.05) is 6.61 Å². The number of Topliss-reactive ketones (excluding diaryl/α,β-unsaturated/α-hetero) is 1. The molecule has 2 rings (SSSR count). The van der Waals surface area contributed by atoms with Gasteiger partial charge in [-0.1, -0.05) is 42.5 Å². The highest BCUT2D eigenvalue weighted by Crippen LogP contribution is 2.32. The summed E-state index contributed by atoms with van der Waals surface area (Å²) in [6, 6.07) is 15.4. The first-order chi connectivity index (χ1) is 8.74. The van der Waals surface area contributed by atoms with Crippen molar-refractivity contribution in [3.05, 3.63) is 54.1 Å². The molecule has 2 nitrogen and oxygen atoms in total. The van der Waals surface area contributed by atoms with E-state index in [-0.39, 0.29) is 5.78 Å². The van der Waals surface area contributed by atoms with E-state index in [1.165, 1.54) is 0 Å². The molecule has 0 aliphatic carbocycles. The van der Waals surface area contributed by atoms with Gasteiger partial charge in [0.05, 0.1) is 6.61 Å². The molecule has 0 aromatic heterocycles. The van der Waals surface area contributed by atoms with Gasteiger partial charge in [0.2, 0.25) is 0 Å². The fourth-order valence-corrected chi connectivity index (χ4v) is 2.00. The molecule has 2 heteroatoms. The van der Waals surface area contributed by atoms with Gasteiger partial charge in [0.1, 0.15) is 5.75 Å². The van der Waals surface area contributed by atoms with Crippen LogP contribution in [0.5, 0.6) is 5.75 Å². The molecule has 0 spiro atoms. The van der Waals surface area contributed by atoms with Crippen molar-refractivity contribution in [2.45, 2.75) is 13.8 Å². The zero-order valence-corrected chi connectivity index (χ0v) is 10.6. The van der Waals surface area contributed by atoms with E-state index in [9.17, 15) is 4.79 Å². The normalized spacial score (nSPS) is 10.1. The summed E-state index contributed by atoms with van der Waals surface area (Å²) in [4.78, 5) is 11.7. The molecule has 0 fully saturated rings. The van der Waals surface area contributed by atoms with Crippen LogP contribution < -0.4 is 4.74 Å². The van der Waals surface area contributed by atoms with Crippen LogP contribution in [0.2, 0.25) is 0 Å². The van der Waals surface area contributed by atoms with E-state index in [1.54, 1.807) is 6.92 Å². The Hall–Kier alpha value is -2.09. The third-order valence-corrected chi connectivity index (χ3v) is 2.78. The first-order valence-corrected chi connectivity index (χ1v) is 6.06. The summed E-state index contributed by atoms with van der Waals surface area (Å²) in [6.07, 6.45) is 0. The maximum absolute atomic E-state index is 11.7. The van der Waals surface area contributed by atoms with Crippen molar-refractivity contribution in [3.8, 4) is 16.9 Å². The number of hydrogen-bond acceptors (Lipinski definition) is 2. The molecule has 0 unspecified atom stereocenters. The molecule has 0 aliphatic heterocycles. The molecular formula is C16H16O2. The van der Waals surface area contributed by atoms with Crippen molar-refractivity contribution in [1.29, 1.82) is 0 Å². The highest BCUT2D eigenvalue weighted by molar-refractivity contribution is 6.01. The summed E-state index contributed by atoms with van der Waals surface area (Å²) in [5, 5.41) is 0. The molecule has 0 atom stereocenters. The molecule has 0 aliphatic rings. The van der Waals surface area contributed by atoms with Gasteiger partial charge >= 0.3 is 0 Å². The van der Waals surface area contributed by atoms with E-state index >= 15 is 0 Å². The fraction of sp³-hybridized carbons (Fsp3) is 0.188. The SMILES string of the molecule is CCOc1ccccc1-c1ccccc1C(C)=O. The lowest BCUT2D eigenvalue weighted by Gasteiger charge is -2.12. The van der Waals surface area contributed by atoms with Gasteiger partial charge in [-0.2, -0.15) is 0 Å². The minimum absolute atomic E-state index is 0.0666. The predicted molar refractivity (Wildman–Crippen MR) is 73.1 cm³/mol. The number of rotatable bonds is 4. The topological polar surface area (TPSA) is 26.3 Å². The minimum Gasteiger partial charge on any atom is -0.493 e. The maximum atomic E-state index is 11.7. The Bertz CT molecular complexity index is 559. The third kappa shape index (κ3) is 2.43. The number of carbonyl (C=O) groups excluding carboxylic acids is 1. The lowest BCUT2D eigenvalue weighted by Crippen LogP contribution is -1.98. The van der Waals surface area contributed by atoms with Gasteiger partial charge in [-0.25, -0.2) is 0 Å². The van der Waals surface area contributed by atoms with E-state index in [4.69, 9.17) is 4.74 Å². The second-order valence-electron chi connectivity index (χ2n) is 4.03. The Morgan fingerprint density at radius 3 is 2.28 bits per heavy atom. The van der Waals surface area contributed by atoms with Crippen molar-refractivity contribution in [2.24, 2.45) is 0 Å². The molecule has 0 heterocycles. The summed E-state index contributed by atoms with van der Waals surface area (Å²) in [7, 11) is 0. The third-order valence-electron chi connectivity index (χ3n) is 2.78. The van der Waals surface area contributed by atoms with Gasteiger partial charge in [0.15, 0.2) is 5.78 Å². The first-order valence-electron chi connectivity index (χ1n) is 6.06. The molecule has 0 amide bonds. The van der Waals surface area contributed by atoms with Crippen LogP contribution in [0.1, 0.15) is 24.2 Å². The van der Waals surface area contributed by atoms with Crippen molar-refractivity contribution in [3.63, 3.8) is 0 Å². The summed E-state index contributed by atoms with van der Waals surface area (Å²) >= 11 is 0. The standard InChI is InChI=1S/C16H16O2/c1-3-18-16-11-7-6-10-15(16)14-9-5-4-8-13(14)12(2)17/h4-11H,3H2,1-2H3. The van der Waals surface area contributed by atoms with Crippen molar-refractivity contribution in [1.82, 2.24) is 0 Å². The molecule has 0 N–H and O–H groups in total. The monoisotopic (exact) mass is 240 g/mol. The van der Waals surface area contributed by atoms with Crippen LogP contribution in [0, 0.1) is 0 Å². The molecule has 0 saturated carbocycles. The maximum Gasteiger partial charge on any atom is 0.160 e. The van der Waals surface area contributed by atoms with Crippen molar-refractivity contribution >= 4 is 5.78 Å². The molecular weight excluding hydrogens is 224 g/mol. The summed E-state index contributed by atoms with van der Waals surface area (Å²) in [6.45, 7) is 4.15. The van der Waals surface area contributed by atoms with E-state index in [0.717, 1.165) is 22.4 Å². The number of carbonyl (C=O) groups is 1. The summed E-state index contributed by atoms with van der Waals surface area (Å²) in [5.41, 5.74) is 2.61. The van der Waals surface area contributed by atoms with Gasteiger partial charge in [-0.15, -0.1) is 0 Å². The van der Waals surface area contributed by atoms with Gasteiger partial charge in [0.25, 0.3) is 0 Å². The zero-order valence-electron chi connectivity index (χ0n) is 10.6. The number of para-hydroxylation sites is 1. The highest BCUT2D eigenvalue weighted by atomic mass is 16.5. The highest BCUT2D eigenvalue weighted by Gasteiger charge is 2.11. The fourth-order valence-electron chi connectivity index (χ4n) is 2.00. The van der Waals surface area contributed by atoms with E-state index in [2.05, 4.69) is 0 Å². The average molecular weight is 240 g/mol. The molecule has 2 aromatic carbocycles. The second kappa shape index (κ2) is 5.50. The molecule has 2 aromatic rings. The van der Waals surface area contributed by atoms with Crippen LogP contribution in [0.3, 0.4) is 0 Å². The average Bonchev–Trinajstić information content (AvgIpc) is 2.40. The Morgan fingerprint density at radius 2 is 1.61 bits per heavy atom. The quantitative estimate of drug-likeness (QED) is 0.756. The minimum atomic E-state index is 0.0666. The smallest absolute Gasteiger partial charge is 0.160 e. The van der Waals surface area contributed by atoms with Gasteiger partial charge in [-0.05, 0) is 25.5 Å². The van der Waals surface area contributed by atoms with Gasteiger partial charge in [0, 0.05) is 11.1 Å². The lowest BCUT2D eigenvalue weighted by atomic mass is 9.97. The van der Waals surface area contributed by atoms with Gasteiger partial charge in [-0.3, -0.25) is 4.79 Å². The molecule has 0 radical (unpaired) electrons. The number of benzene rings is 2. The van der Waals surface area contributed by atoms with Crippen LogP contribution in [0.25, 0.3) is 11.1 Å². The molecule has 0 saturated heterocycles. The van der Waals surface area contributed by atoms with E-state index in [0.29, 0.717) is 6.61 Å². The molecule has 0 bridgehead atoms. The zero-order chi connectivity index (χ0) is 13.0. The second-order valence-corrected chi connectivity index (χ2v) is 4.03.